The minimum absolute atomic E-state index is 0.0307. The Morgan fingerprint density at radius 3 is 1.50 bits per heavy atom. The van der Waals surface area contributed by atoms with E-state index in [0.717, 1.165) is 38.5 Å². The molecule has 0 fully saturated rings. The topological polar surface area (TPSA) is 118 Å². The van der Waals surface area contributed by atoms with Gasteiger partial charge in [-0.2, -0.15) is 0 Å². The SMILES string of the molecule is CCCCCCCCCCCCN(OCCO)OCCO.CCCCCCOP(=O)(O)OCC. The summed E-state index contributed by atoms with van der Waals surface area (Å²) in [4.78, 5) is 19.4. The molecule has 0 saturated heterocycles. The van der Waals surface area contributed by atoms with Crippen molar-refractivity contribution in [1.29, 1.82) is 0 Å². The molecule has 208 valence electrons. The Morgan fingerprint density at radius 2 is 1.06 bits per heavy atom. The Morgan fingerprint density at radius 1 is 0.618 bits per heavy atom. The standard InChI is InChI=1S/C16H35NO4.C8H19O4P/c1-2-3-4-5-6-7-8-9-10-11-12-17(20-15-13-18)21-16-14-19;1-3-5-6-7-8-12-13(9,10)11-4-2/h18-19H,2-16H2,1H3;3-8H2,1-2H3,(H,9,10). The van der Waals surface area contributed by atoms with Crippen molar-refractivity contribution in [2.45, 2.75) is 111 Å². The van der Waals surface area contributed by atoms with Crippen LogP contribution in [0.3, 0.4) is 0 Å². The molecule has 10 heteroatoms. The third-order valence-corrected chi connectivity index (χ3v) is 5.99. The van der Waals surface area contributed by atoms with Crippen LogP contribution < -0.4 is 0 Å². The molecular weight excluding hydrogens is 461 g/mol. The number of phosphoric acid groups is 1. The largest absolute Gasteiger partial charge is 0.472 e. The lowest BCUT2D eigenvalue weighted by Crippen LogP contribution is -2.28. The molecule has 0 aliphatic rings. The Labute approximate surface area is 208 Å². The quantitative estimate of drug-likeness (QED) is 0.0790. The molecule has 34 heavy (non-hydrogen) atoms. The van der Waals surface area contributed by atoms with Gasteiger partial charge in [0, 0.05) is 0 Å². The summed E-state index contributed by atoms with van der Waals surface area (Å²) in [5, 5.41) is 18.8. The van der Waals surface area contributed by atoms with Crippen LogP contribution in [0.1, 0.15) is 111 Å². The predicted molar refractivity (Wildman–Crippen MR) is 136 cm³/mol. The first kappa shape index (κ1) is 36.1. The van der Waals surface area contributed by atoms with E-state index in [0.29, 0.717) is 13.2 Å². The van der Waals surface area contributed by atoms with E-state index in [9.17, 15) is 4.57 Å². The van der Waals surface area contributed by atoms with Gasteiger partial charge in [-0.3, -0.25) is 18.7 Å². The highest BCUT2D eigenvalue weighted by atomic mass is 31.2. The monoisotopic (exact) mass is 515 g/mol. The third-order valence-electron chi connectivity index (χ3n) is 4.89. The van der Waals surface area contributed by atoms with Crippen LogP contribution in [0.5, 0.6) is 0 Å². The summed E-state index contributed by atoms with van der Waals surface area (Å²) in [6.07, 6.45) is 17.0. The van der Waals surface area contributed by atoms with Crippen molar-refractivity contribution >= 4 is 7.82 Å². The van der Waals surface area contributed by atoms with Crippen molar-refractivity contribution in [2.24, 2.45) is 0 Å². The number of nitrogens with zero attached hydrogens (tertiary/aromatic N) is 1. The highest BCUT2D eigenvalue weighted by Gasteiger charge is 2.18. The Hall–Kier alpha value is -0.0900. The second-order valence-corrected chi connectivity index (χ2v) is 9.59. The molecule has 0 aromatic heterocycles. The minimum atomic E-state index is -3.74. The molecule has 0 aromatic carbocycles. The molecule has 1 atom stereocenters. The predicted octanol–water partition coefficient (Wildman–Crippen LogP) is 5.78. The summed E-state index contributed by atoms with van der Waals surface area (Å²) in [7, 11) is -3.74. The van der Waals surface area contributed by atoms with E-state index in [1.807, 2.05) is 0 Å². The summed E-state index contributed by atoms with van der Waals surface area (Å²) in [5.74, 6) is 0. The summed E-state index contributed by atoms with van der Waals surface area (Å²) in [5.41, 5.74) is 0. The van der Waals surface area contributed by atoms with E-state index in [4.69, 9.17) is 29.3 Å². The van der Waals surface area contributed by atoms with Gasteiger partial charge in [0.25, 0.3) is 0 Å². The fourth-order valence-corrected chi connectivity index (χ4v) is 3.85. The molecule has 0 amide bonds. The van der Waals surface area contributed by atoms with Crippen LogP contribution in [0, 0.1) is 0 Å². The van der Waals surface area contributed by atoms with Gasteiger partial charge >= 0.3 is 7.82 Å². The minimum Gasteiger partial charge on any atom is -0.394 e. The van der Waals surface area contributed by atoms with Gasteiger partial charge in [0.05, 0.1) is 46.2 Å². The van der Waals surface area contributed by atoms with Crippen molar-refractivity contribution in [3.63, 3.8) is 0 Å². The average molecular weight is 516 g/mol. The van der Waals surface area contributed by atoms with Crippen molar-refractivity contribution < 1.29 is 38.4 Å². The van der Waals surface area contributed by atoms with Crippen LogP contribution in [0.2, 0.25) is 0 Å². The summed E-state index contributed by atoms with van der Waals surface area (Å²) in [6, 6.07) is 0. The van der Waals surface area contributed by atoms with Gasteiger partial charge in [-0.15, -0.1) is 0 Å². The molecule has 0 spiro atoms. The normalized spacial score (nSPS) is 13.0. The van der Waals surface area contributed by atoms with Gasteiger partial charge in [-0.1, -0.05) is 96.1 Å². The van der Waals surface area contributed by atoms with Crippen molar-refractivity contribution in [1.82, 2.24) is 5.23 Å². The molecular formula is C24H54NO8P. The molecule has 0 aromatic rings. The molecule has 9 nitrogen and oxygen atoms in total. The number of hydrogen-bond donors (Lipinski definition) is 3. The van der Waals surface area contributed by atoms with Crippen LogP contribution in [0.4, 0.5) is 0 Å². The number of unbranched alkanes of at least 4 members (excludes halogenated alkanes) is 12. The molecule has 0 radical (unpaired) electrons. The zero-order valence-corrected chi connectivity index (χ0v) is 23.0. The number of aliphatic hydroxyl groups is 2. The number of phosphoric ester groups is 1. The first-order valence-corrected chi connectivity index (χ1v) is 14.8. The lowest BCUT2D eigenvalue weighted by molar-refractivity contribution is -0.371. The van der Waals surface area contributed by atoms with E-state index >= 15 is 0 Å². The zero-order chi connectivity index (χ0) is 25.8. The number of aliphatic hydroxyl groups excluding tert-OH is 2. The van der Waals surface area contributed by atoms with E-state index in [-0.39, 0.29) is 33.0 Å². The van der Waals surface area contributed by atoms with Crippen LogP contribution in [-0.4, -0.2) is 66.5 Å². The van der Waals surface area contributed by atoms with Crippen molar-refractivity contribution in [3.05, 3.63) is 0 Å². The van der Waals surface area contributed by atoms with Crippen molar-refractivity contribution in [3.8, 4) is 0 Å². The molecule has 0 bridgehead atoms. The highest BCUT2D eigenvalue weighted by molar-refractivity contribution is 7.47. The number of hydrogen-bond acceptors (Lipinski definition) is 8. The first-order valence-electron chi connectivity index (χ1n) is 13.3. The molecule has 0 rings (SSSR count). The van der Waals surface area contributed by atoms with Crippen LogP contribution in [0.15, 0.2) is 0 Å². The maximum Gasteiger partial charge on any atom is 0.472 e. The number of hydroxylamine groups is 2. The maximum atomic E-state index is 11.0. The average Bonchev–Trinajstić information content (AvgIpc) is 2.81. The van der Waals surface area contributed by atoms with Gasteiger partial charge in [0.15, 0.2) is 0 Å². The smallest absolute Gasteiger partial charge is 0.394 e. The Bertz CT molecular complexity index is 424. The fourth-order valence-electron chi connectivity index (χ4n) is 3.09. The molecule has 0 heterocycles. The molecule has 0 aliphatic carbocycles. The Balaban J connectivity index is 0. The van der Waals surface area contributed by atoms with Crippen molar-refractivity contribution in [2.75, 3.05) is 46.2 Å². The summed E-state index contributed by atoms with van der Waals surface area (Å²) < 4.78 is 20.2. The van der Waals surface area contributed by atoms with Crippen LogP contribution in [0.25, 0.3) is 0 Å². The molecule has 3 N–H and O–H groups in total. The van der Waals surface area contributed by atoms with Crippen LogP contribution in [-0.2, 0) is 23.3 Å². The maximum absolute atomic E-state index is 11.0. The van der Waals surface area contributed by atoms with Gasteiger partial charge in [-0.25, -0.2) is 4.57 Å². The van der Waals surface area contributed by atoms with E-state index in [1.54, 1.807) is 6.92 Å². The molecule has 0 aliphatic heterocycles. The first-order chi connectivity index (χ1) is 16.5. The van der Waals surface area contributed by atoms with Gasteiger partial charge in [-0.05, 0) is 19.8 Å². The number of rotatable bonds is 25. The lowest BCUT2D eigenvalue weighted by atomic mass is 10.1. The summed E-state index contributed by atoms with van der Waals surface area (Å²) in [6.45, 7) is 7.58. The Kier molecular flexibility index (Phi) is 30.9. The molecule has 1 unspecified atom stereocenters. The second-order valence-electron chi connectivity index (χ2n) is 8.13. The van der Waals surface area contributed by atoms with Gasteiger partial charge in [0.1, 0.15) is 0 Å². The second kappa shape index (κ2) is 29.1. The highest BCUT2D eigenvalue weighted by Crippen LogP contribution is 2.42. The zero-order valence-electron chi connectivity index (χ0n) is 22.1. The van der Waals surface area contributed by atoms with E-state index in [2.05, 4.69) is 18.4 Å². The molecule has 0 saturated carbocycles. The van der Waals surface area contributed by atoms with Crippen LogP contribution >= 0.6 is 7.82 Å². The van der Waals surface area contributed by atoms with Gasteiger partial charge < -0.3 is 15.1 Å². The van der Waals surface area contributed by atoms with Gasteiger partial charge in [0.2, 0.25) is 0 Å². The van der Waals surface area contributed by atoms with E-state index < -0.39 is 7.82 Å². The fraction of sp³-hybridized carbons (Fsp3) is 1.00. The third kappa shape index (κ3) is 29.9. The lowest BCUT2D eigenvalue weighted by Gasteiger charge is -2.20. The summed E-state index contributed by atoms with van der Waals surface area (Å²) >= 11 is 0. The van der Waals surface area contributed by atoms with E-state index in [1.165, 1.54) is 56.6 Å².